The fraction of sp³-hybridized carbons (Fsp3) is 0.172. The topological polar surface area (TPSA) is 85.2 Å². The average Bonchev–Trinajstić information content (AvgIpc) is 2.85. The van der Waals surface area contributed by atoms with Gasteiger partial charge >= 0.3 is 5.97 Å². The first-order chi connectivity index (χ1) is 17.0. The molecule has 172 valence electrons. The average molecular weight is 462 g/mol. The van der Waals surface area contributed by atoms with Crippen molar-refractivity contribution in [2.75, 3.05) is 6.61 Å². The molecule has 6 nitrogen and oxygen atoms in total. The number of nitrogens with zero attached hydrogens (tertiary/aromatic N) is 3. The number of benzene rings is 2. The number of aliphatic carboxylic acids is 1. The molecule has 0 fully saturated rings. The molecule has 0 radical (unpaired) electrons. The van der Waals surface area contributed by atoms with Gasteiger partial charge < -0.3 is 9.84 Å². The van der Waals surface area contributed by atoms with Crippen molar-refractivity contribution in [3.8, 4) is 28.1 Å². The van der Waals surface area contributed by atoms with Crippen molar-refractivity contribution in [3.05, 3.63) is 83.3 Å². The van der Waals surface area contributed by atoms with E-state index >= 15 is 0 Å². The first kappa shape index (κ1) is 21.2. The Morgan fingerprint density at radius 3 is 2.74 bits per heavy atom. The van der Waals surface area contributed by atoms with E-state index in [2.05, 4.69) is 4.98 Å². The molecule has 4 heterocycles. The molecule has 1 aliphatic heterocycles. The number of ether oxygens (including phenoxy) is 1. The van der Waals surface area contributed by atoms with Crippen molar-refractivity contribution in [2.24, 2.45) is 0 Å². The number of hydrogen-bond donors (Lipinski definition) is 1. The monoisotopic (exact) mass is 461 g/mol. The SMILES string of the molecule is Cc1ccncc1-c1ccc2c(-c3ccc4c5c(ccnc35)CCO4)c(CC(=O)O)c(C)cc2n1. The van der Waals surface area contributed by atoms with Crippen LogP contribution in [0.1, 0.15) is 22.3 Å². The molecule has 0 aliphatic carbocycles. The lowest BCUT2D eigenvalue weighted by atomic mass is 9.87. The molecule has 2 aromatic carbocycles. The minimum Gasteiger partial charge on any atom is -0.493 e. The highest BCUT2D eigenvalue weighted by atomic mass is 16.5. The standard InChI is InChI=1S/C29H23N3O3/c1-16-7-10-30-15-22(16)23-5-3-19-24(32-23)13-17(2)21(14-26(33)34)28(19)20-4-6-25-27-18(9-12-35-25)8-11-31-29(20)27/h3-8,10-11,13,15H,9,12,14H2,1-2H3,(H,33,34). The molecule has 3 aromatic heterocycles. The largest absolute Gasteiger partial charge is 0.493 e. The zero-order valence-electron chi connectivity index (χ0n) is 19.5. The Bertz CT molecular complexity index is 1650. The molecule has 0 spiro atoms. The molecule has 5 aromatic rings. The van der Waals surface area contributed by atoms with E-state index in [9.17, 15) is 9.90 Å². The van der Waals surface area contributed by atoms with Crippen LogP contribution in [-0.4, -0.2) is 32.6 Å². The molecule has 0 saturated heterocycles. The van der Waals surface area contributed by atoms with Crippen LogP contribution in [0.15, 0.2) is 61.1 Å². The second-order valence-corrected chi connectivity index (χ2v) is 8.97. The van der Waals surface area contributed by atoms with Gasteiger partial charge in [-0.2, -0.15) is 0 Å². The van der Waals surface area contributed by atoms with Gasteiger partial charge in [-0.25, -0.2) is 4.98 Å². The van der Waals surface area contributed by atoms with Crippen LogP contribution in [0.2, 0.25) is 0 Å². The Labute approximate surface area is 202 Å². The molecular formula is C29H23N3O3. The number of pyridine rings is 3. The predicted molar refractivity (Wildman–Crippen MR) is 136 cm³/mol. The highest BCUT2D eigenvalue weighted by Crippen LogP contribution is 2.42. The van der Waals surface area contributed by atoms with Crippen LogP contribution in [0.25, 0.3) is 44.2 Å². The van der Waals surface area contributed by atoms with Crippen LogP contribution in [-0.2, 0) is 17.6 Å². The van der Waals surface area contributed by atoms with Crippen molar-refractivity contribution < 1.29 is 14.6 Å². The Hall–Kier alpha value is -4.32. The highest BCUT2D eigenvalue weighted by Gasteiger charge is 2.22. The normalized spacial score (nSPS) is 12.6. The van der Waals surface area contributed by atoms with E-state index in [1.807, 2.05) is 68.7 Å². The van der Waals surface area contributed by atoms with E-state index in [1.54, 1.807) is 6.20 Å². The molecule has 35 heavy (non-hydrogen) atoms. The van der Waals surface area contributed by atoms with Gasteiger partial charge in [0.25, 0.3) is 0 Å². The summed E-state index contributed by atoms with van der Waals surface area (Å²) in [5.41, 5.74) is 9.16. The molecule has 6 rings (SSSR count). The third-order valence-electron chi connectivity index (χ3n) is 6.81. The summed E-state index contributed by atoms with van der Waals surface area (Å²) in [5.74, 6) is -0.0504. The van der Waals surface area contributed by atoms with Crippen LogP contribution in [0.5, 0.6) is 5.75 Å². The molecule has 0 saturated carbocycles. The van der Waals surface area contributed by atoms with E-state index in [4.69, 9.17) is 14.7 Å². The van der Waals surface area contributed by atoms with Gasteiger partial charge in [-0.05, 0) is 78.1 Å². The summed E-state index contributed by atoms with van der Waals surface area (Å²) >= 11 is 0. The van der Waals surface area contributed by atoms with E-state index in [1.165, 1.54) is 5.56 Å². The number of carbonyl (C=O) groups is 1. The summed E-state index contributed by atoms with van der Waals surface area (Å²) in [6, 6.07) is 14.0. The molecular weight excluding hydrogens is 438 g/mol. The van der Waals surface area contributed by atoms with Gasteiger partial charge in [-0.15, -0.1) is 0 Å². The predicted octanol–water partition coefficient (Wildman–Crippen LogP) is 5.69. The Morgan fingerprint density at radius 1 is 1.03 bits per heavy atom. The van der Waals surface area contributed by atoms with Crippen molar-refractivity contribution >= 4 is 27.8 Å². The smallest absolute Gasteiger partial charge is 0.307 e. The number of aryl methyl sites for hydroxylation is 2. The van der Waals surface area contributed by atoms with Gasteiger partial charge in [-0.1, -0.05) is 6.07 Å². The maximum atomic E-state index is 11.9. The fourth-order valence-corrected chi connectivity index (χ4v) is 5.12. The summed E-state index contributed by atoms with van der Waals surface area (Å²) in [7, 11) is 0. The molecule has 1 N–H and O–H groups in total. The third-order valence-corrected chi connectivity index (χ3v) is 6.81. The van der Waals surface area contributed by atoms with Gasteiger partial charge in [0.1, 0.15) is 5.75 Å². The second kappa shape index (κ2) is 8.17. The van der Waals surface area contributed by atoms with Gasteiger partial charge in [0.15, 0.2) is 0 Å². The summed E-state index contributed by atoms with van der Waals surface area (Å²) in [5, 5.41) is 11.7. The Kier molecular flexibility index (Phi) is 4.95. The van der Waals surface area contributed by atoms with Crippen LogP contribution in [0, 0.1) is 13.8 Å². The zero-order valence-corrected chi connectivity index (χ0v) is 19.5. The lowest BCUT2D eigenvalue weighted by Gasteiger charge is -2.21. The molecule has 0 bridgehead atoms. The number of carboxylic acid groups (broad SMARTS) is 1. The number of hydrogen-bond acceptors (Lipinski definition) is 5. The third kappa shape index (κ3) is 3.49. The molecule has 6 heteroatoms. The minimum atomic E-state index is -0.872. The van der Waals surface area contributed by atoms with Gasteiger partial charge in [0.05, 0.1) is 29.8 Å². The molecule has 0 unspecified atom stereocenters. The fourth-order valence-electron chi connectivity index (χ4n) is 5.12. The van der Waals surface area contributed by atoms with E-state index in [0.29, 0.717) is 6.61 Å². The lowest BCUT2D eigenvalue weighted by Crippen LogP contribution is -2.10. The summed E-state index contributed by atoms with van der Waals surface area (Å²) < 4.78 is 5.92. The summed E-state index contributed by atoms with van der Waals surface area (Å²) in [4.78, 5) is 25.9. The highest BCUT2D eigenvalue weighted by molar-refractivity contribution is 6.08. The van der Waals surface area contributed by atoms with E-state index in [0.717, 1.165) is 73.1 Å². The van der Waals surface area contributed by atoms with Crippen molar-refractivity contribution in [2.45, 2.75) is 26.7 Å². The summed E-state index contributed by atoms with van der Waals surface area (Å²) in [6.45, 7) is 4.63. The van der Waals surface area contributed by atoms with Crippen molar-refractivity contribution in [1.29, 1.82) is 0 Å². The molecule has 0 atom stereocenters. The van der Waals surface area contributed by atoms with Crippen molar-refractivity contribution in [3.63, 3.8) is 0 Å². The zero-order chi connectivity index (χ0) is 24.1. The first-order valence-electron chi connectivity index (χ1n) is 11.6. The Morgan fingerprint density at radius 2 is 1.91 bits per heavy atom. The number of fused-ring (bicyclic) bond motifs is 1. The maximum absolute atomic E-state index is 11.9. The minimum absolute atomic E-state index is 0.0833. The van der Waals surface area contributed by atoms with Crippen LogP contribution in [0.3, 0.4) is 0 Å². The van der Waals surface area contributed by atoms with E-state index < -0.39 is 5.97 Å². The second-order valence-electron chi connectivity index (χ2n) is 8.97. The Balaban J connectivity index is 1.68. The first-order valence-corrected chi connectivity index (χ1v) is 11.6. The summed E-state index contributed by atoms with van der Waals surface area (Å²) in [6.07, 6.45) is 6.16. The van der Waals surface area contributed by atoms with Gasteiger partial charge in [0, 0.05) is 46.9 Å². The molecule has 0 amide bonds. The molecule has 1 aliphatic rings. The quantitative estimate of drug-likeness (QED) is 0.370. The van der Waals surface area contributed by atoms with E-state index in [-0.39, 0.29) is 6.42 Å². The number of carboxylic acids is 1. The maximum Gasteiger partial charge on any atom is 0.307 e. The van der Waals surface area contributed by atoms with Gasteiger partial charge in [-0.3, -0.25) is 14.8 Å². The lowest BCUT2D eigenvalue weighted by molar-refractivity contribution is -0.136. The van der Waals surface area contributed by atoms with Crippen LogP contribution < -0.4 is 4.74 Å². The number of rotatable bonds is 4. The van der Waals surface area contributed by atoms with Gasteiger partial charge in [0.2, 0.25) is 0 Å². The van der Waals surface area contributed by atoms with Crippen LogP contribution >= 0.6 is 0 Å². The van der Waals surface area contributed by atoms with Crippen molar-refractivity contribution in [1.82, 2.24) is 15.0 Å². The number of aromatic nitrogens is 3. The van der Waals surface area contributed by atoms with Crippen LogP contribution in [0.4, 0.5) is 0 Å².